The highest BCUT2D eigenvalue weighted by Gasteiger charge is 2.30. The number of hydrogen-bond acceptors (Lipinski definition) is 6. The smallest absolute Gasteiger partial charge is 0.416 e. The first kappa shape index (κ1) is 17.7. The summed E-state index contributed by atoms with van der Waals surface area (Å²) in [4.78, 5) is 12.9. The lowest BCUT2D eigenvalue weighted by atomic mass is 10.1. The van der Waals surface area contributed by atoms with E-state index >= 15 is 0 Å². The first-order valence-corrected chi connectivity index (χ1v) is 8.01. The van der Waals surface area contributed by atoms with E-state index in [-0.39, 0.29) is 29.3 Å². The summed E-state index contributed by atoms with van der Waals surface area (Å²) in [6.45, 7) is 0.0405. The molecule has 0 saturated carbocycles. The number of hydrogen-bond donors (Lipinski definition) is 1. The van der Waals surface area contributed by atoms with Gasteiger partial charge in [-0.25, -0.2) is 4.79 Å². The normalized spacial score (nSPS) is 11.8. The van der Waals surface area contributed by atoms with Crippen LogP contribution in [0.1, 0.15) is 11.1 Å². The Bertz CT molecular complexity index is 1230. The SMILES string of the molecule is O=c1cc(Cn2nnc(-c3cccc(C(F)(F)F)c3)n2)c2ccc(O)cc2o1. The van der Waals surface area contributed by atoms with Gasteiger partial charge in [-0.2, -0.15) is 18.0 Å². The van der Waals surface area contributed by atoms with Crippen LogP contribution in [0.3, 0.4) is 0 Å². The van der Waals surface area contributed by atoms with Crippen molar-refractivity contribution in [2.45, 2.75) is 12.7 Å². The van der Waals surface area contributed by atoms with Crippen LogP contribution in [-0.4, -0.2) is 25.3 Å². The fraction of sp³-hybridized carbons (Fsp3) is 0.111. The summed E-state index contributed by atoms with van der Waals surface area (Å²) in [5, 5.41) is 21.8. The van der Waals surface area contributed by atoms with Crippen LogP contribution < -0.4 is 5.63 Å². The van der Waals surface area contributed by atoms with Gasteiger partial charge in [0.05, 0.1) is 12.1 Å². The van der Waals surface area contributed by atoms with E-state index in [1.807, 2.05) is 0 Å². The van der Waals surface area contributed by atoms with Gasteiger partial charge in [-0.1, -0.05) is 12.1 Å². The lowest BCUT2D eigenvalue weighted by molar-refractivity contribution is -0.137. The van der Waals surface area contributed by atoms with E-state index < -0.39 is 17.4 Å². The van der Waals surface area contributed by atoms with Gasteiger partial charge in [0.25, 0.3) is 0 Å². The molecule has 7 nitrogen and oxygen atoms in total. The van der Waals surface area contributed by atoms with Crippen molar-refractivity contribution in [3.63, 3.8) is 0 Å². The summed E-state index contributed by atoms with van der Waals surface area (Å²) < 4.78 is 43.7. The van der Waals surface area contributed by atoms with Gasteiger partial charge in [0.15, 0.2) is 0 Å². The Kier molecular flexibility index (Phi) is 4.10. The number of fused-ring (bicyclic) bond motifs is 1. The summed E-state index contributed by atoms with van der Waals surface area (Å²) in [6, 6.07) is 10.2. The van der Waals surface area contributed by atoms with Crippen LogP contribution in [0.2, 0.25) is 0 Å². The van der Waals surface area contributed by atoms with E-state index in [0.717, 1.165) is 16.9 Å². The Labute approximate surface area is 154 Å². The van der Waals surface area contributed by atoms with E-state index in [1.54, 1.807) is 6.07 Å². The molecule has 1 N–H and O–H groups in total. The number of alkyl halides is 3. The summed E-state index contributed by atoms with van der Waals surface area (Å²) in [5.74, 6) is -0.0328. The predicted octanol–water partition coefficient (Wildman–Crippen LogP) is 3.22. The average Bonchev–Trinajstić information content (AvgIpc) is 3.09. The van der Waals surface area contributed by atoms with E-state index in [1.165, 1.54) is 30.3 Å². The van der Waals surface area contributed by atoms with Gasteiger partial charge in [-0.3, -0.25) is 0 Å². The fourth-order valence-electron chi connectivity index (χ4n) is 2.76. The zero-order chi connectivity index (χ0) is 19.9. The summed E-state index contributed by atoms with van der Waals surface area (Å²) >= 11 is 0. The van der Waals surface area contributed by atoms with Crippen molar-refractivity contribution in [2.24, 2.45) is 0 Å². The Balaban J connectivity index is 1.68. The topological polar surface area (TPSA) is 94.0 Å². The predicted molar refractivity (Wildman–Crippen MR) is 91.5 cm³/mol. The molecule has 2 aromatic carbocycles. The maximum absolute atomic E-state index is 12.9. The highest BCUT2D eigenvalue weighted by molar-refractivity contribution is 5.81. The van der Waals surface area contributed by atoms with Gasteiger partial charge in [0.2, 0.25) is 5.82 Å². The molecule has 0 aliphatic heterocycles. The number of halogens is 3. The standard InChI is InChI=1S/C18H11F3N4O3/c19-18(20,21)12-3-1-2-10(6-12)17-22-24-25(23-17)9-11-7-16(27)28-15-8-13(26)4-5-14(11)15/h1-8,26H,9H2. The van der Waals surface area contributed by atoms with Crippen LogP contribution in [0.25, 0.3) is 22.4 Å². The quantitative estimate of drug-likeness (QED) is 0.542. The van der Waals surface area contributed by atoms with E-state index in [9.17, 15) is 23.1 Å². The van der Waals surface area contributed by atoms with Crippen LogP contribution in [0.5, 0.6) is 5.75 Å². The molecule has 2 heterocycles. The minimum Gasteiger partial charge on any atom is -0.508 e. The first-order valence-electron chi connectivity index (χ1n) is 8.01. The van der Waals surface area contributed by atoms with Crippen molar-refractivity contribution in [3.05, 3.63) is 70.1 Å². The van der Waals surface area contributed by atoms with Crippen molar-refractivity contribution in [2.75, 3.05) is 0 Å². The number of phenols is 1. The number of aromatic hydroxyl groups is 1. The monoisotopic (exact) mass is 388 g/mol. The highest BCUT2D eigenvalue weighted by Crippen LogP contribution is 2.31. The minimum absolute atomic E-state index is 0.0241. The lowest BCUT2D eigenvalue weighted by Crippen LogP contribution is -2.08. The van der Waals surface area contributed by atoms with E-state index in [2.05, 4.69) is 15.4 Å². The Hall–Kier alpha value is -3.69. The molecule has 0 radical (unpaired) electrons. The number of phenolic OH excluding ortho intramolecular Hbond substituents is 1. The van der Waals surface area contributed by atoms with Crippen LogP contribution >= 0.6 is 0 Å². The molecule has 2 aromatic heterocycles. The molecular weight excluding hydrogens is 377 g/mol. The first-order chi connectivity index (χ1) is 13.3. The maximum Gasteiger partial charge on any atom is 0.416 e. The Morgan fingerprint density at radius 3 is 2.71 bits per heavy atom. The van der Waals surface area contributed by atoms with Gasteiger partial charge in [0, 0.05) is 23.1 Å². The second kappa shape index (κ2) is 6.48. The van der Waals surface area contributed by atoms with Crippen molar-refractivity contribution in [3.8, 4) is 17.1 Å². The third-order valence-corrected chi connectivity index (χ3v) is 4.03. The summed E-state index contributed by atoms with van der Waals surface area (Å²) in [5.41, 5.74) is -0.553. The number of benzene rings is 2. The summed E-state index contributed by atoms with van der Waals surface area (Å²) in [6.07, 6.45) is -4.48. The van der Waals surface area contributed by atoms with Crippen molar-refractivity contribution < 1.29 is 22.7 Å². The van der Waals surface area contributed by atoms with Crippen molar-refractivity contribution in [1.82, 2.24) is 20.2 Å². The van der Waals surface area contributed by atoms with Gasteiger partial charge >= 0.3 is 11.8 Å². The minimum atomic E-state index is -4.48. The van der Waals surface area contributed by atoms with Gasteiger partial charge < -0.3 is 9.52 Å². The van der Waals surface area contributed by atoms with Crippen LogP contribution in [0.15, 0.2) is 57.7 Å². The third kappa shape index (κ3) is 3.43. The molecule has 0 aliphatic carbocycles. The number of rotatable bonds is 3. The van der Waals surface area contributed by atoms with Crippen LogP contribution in [0, 0.1) is 0 Å². The number of tetrazole rings is 1. The lowest BCUT2D eigenvalue weighted by Gasteiger charge is -2.06. The van der Waals surface area contributed by atoms with Crippen molar-refractivity contribution >= 4 is 11.0 Å². The maximum atomic E-state index is 12.9. The van der Waals surface area contributed by atoms with Crippen molar-refractivity contribution in [1.29, 1.82) is 0 Å². The molecule has 4 aromatic rings. The molecule has 0 spiro atoms. The molecular formula is C18H11F3N4O3. The van der Waals surface area contributed by atoms with E-state index in [4.69, 9.17) is 4.42 Å². The number of nitrogens with zero attached hydrogens (tertiary/aromatic N) is 4. The molecule has 142 valence electrons. The Morgan fingerprint density at radius 2 is 1.93 bits per heavy atom. The highest BCUT2D eigenvalue weighted by atomic mass is 19.4. The molecule has 0 saturated heterocycles. The molecule has 28 heavy (non-hydrogen) atoms. The third-order valence-electron chi connectivity index (χ3n) is 4.03. The molecule has 0 fully saturated rings. The molecule has 10 heteroatoms. The van der Waals surface area contributed by atoms with Crippen LogP contribution in [-0.2, 0) is 12.7 Å². The largest absolute Gasteiger partial charge is 0.508 e. The number of aromatic nitrogens is 4. The zero-order valence-corrected chi connectivity index (χ0v) is 14.0. The summed E-state index contributed by atoms with van der Waals surface area (Å²) in [7, 11) is 0. The molecule has 0 atom stereocenters. The molecule has 0 amide bonds. The second-order valence-electron chi connectivity index (χ2n) is 5.99. The molecule has 0 unspecified atom stereocenters. The van der Waals surface area contributed by atoms with Gasteiger partial charge in [-0.05, 0) is 35.0 Å². The van der Waals surface area contributed by atoms with Crippen LogP contribution in [0.4, 0.5) is 13.2 Å². The van der Waals surface area contributed by atoms with Gasteiger partial charge in [-0.15, -0.1) is 10.2 Å². The molecule has 4 rings (SSSR count). The molecule has 0 bridgehead atoms. The average molecular weight is 388 g/mol. The van der Waals surface area contributed by atoms with E-state index in [0.29, 0.717) is 10.9 Å². The molecule has 0 aliphatic rings. The zero-order valence-electron chi connectivity index (χ0n) is 14.0. The van der Waals surface area contributed by atoms with Gasteiger partial charge in [0.1, 0.15) is 11.3 Å². The Morgan fingerprint density at radius 1 is 1.11 bits per heavy atom. The second-order valence-corrected chi connectivity index (χ2v) is 5.99. The fourth-order valence-corrected chi connectivity index (χ4v) is 2.76.